The first-order valence-corrected chi connectivity index (χ1v) is 9.55. The summed E-state index contributed by atoms with van der Waals surface area (Å²) in [7, 11) is 2.17. The molecule has 1 saturated heterocycles. The number of aryl methyl sites for hydroxylation is 1. The van der Waals surface area contributed by atoms with Crippen LogP contribution in [0.4, 0.5) is 0 Å². The smallest absolute Gasteiger partial charge is 0.222 e. The molecule has 1 aromatic carbocycles. The lowest BCUT2D eigenvalue weighted by Crippen LogP contribution is -2.34. The van der Waals surface area contributed by atoms with Crippen molar-refractivity contribution in [3.8, 4) is 0 Å². The summed E-state index contributed by atoms with van der Waals surface area (Å²) in [5.41, 5.74) is 3.60. The molecule has 26 heavy (non-hydrogen) atoms. The van der Waals surface area contributed by atoms with E-state index in [9.17, 15) is 4.79 Å². The van der Waals surface area contributed by atoms with Crippen LogP contribution in [-0.2, 0) is 17.8 Å². The number of rotatable bonds is 6. The number of amides is 1. The summed E-state index contributed by atoms with van der Waals surface area (Å²) in [6.07, 6.45) is 5.43. The van der Waals surface area contributed by atoms with Crippen molar-refractivity contribution >= 4 is 5.91 Å². The molecule has 0 bridgehead atoms. The van der Waals surface area contributed by atoms with Crippen LogP contribution < -0.4 is 0 Å². The van der Waals surface area contributed by atoms with Gasteiger partial charge in [0.05, 0.1) is 0 Å². The Bertz CT molecular complexity index is 699. The van der Waals surface area contributed by atoms with E-state index in [1.807, 2.05) is 23.2 Å². The van der Waals surface area contributed by atoms with Crippen molar-refractivity contribution < 1.29 is 4.79 Å². The van der Waals surface area contributed by atoms with E-state index in [2.05, 4.69) is 54.2 Å². The minimum absolute atomic E-state index is 0.284. The van der Waals surface area contributed by atoms with E-state index in [0.717, 1.165) is 44.6 Å². The zero-order valence-corrected chi connectivity index (χ0v) is 15.9. The fraction of sp³-hybridized carbons (Fsp3) is 0.455. The van der Waals surface area contributed by atoms with Gasteiger partial charge in [-0.2, -0.15) is 0 Å². The third-order valence-corrected chi connectivity index (χ3v) is 5.34. The average molecular weight is 351 g/mol. The summed E-state index contributed by atoms with van der Waals surface area (Å²) in [5.74, 6) is 0.284. The first-order chi connectivity index (χ1) is 12.6. The third-order valence-electron chi connectivity index (χ3n) is 5.34. The molecule has 1 aliphatic rings. The molecule has 0 spiro atoms. The lowest BCUT2D eigenvalue weighted by atomic mass is 10.1. The Morgan fingerprint density at radius 2 is 1.96 bits per heavy atom. The summed E-state index contributed by atoms with van der Waals surface area (Å²) in [5, 5.41) is 0. The first-order valence-electron chi connectivity index (χ1n) is 9.55. The summed E-state index contributed by atoms with van der Waals surface area (Å²) in [6.45, 7) is 4.63. The van der Waals surface area contributed by atoms with Gasteiger partial charge < -0.3 is 9.80 Å². The van der Waals surface area contributed by atoms with Crippen LogP contribution in [-0.4, -0.2) is 46.9 Å². The van der Waals surface area contributed by atoms with Crippen molar-refractivity contribution in [2.24, 2.45) is 0 Å². The first kappa shape index (κ1) is 18.6. The number of likely N-dealkylation sites (tertiary alicyclic amines) is 1. The molecule has 0 unspecified atom stereocenters. The molecule has 1 aliphatic heterocycles. The SMILES string of the molecule is Cc1ccc(CN2CC[C@@H](N(C)CCc3ccccn3)CCC2=O)cc1. The fourth-order valence-corrected chi connectivity index (χ4v) is 3.56. The van der Waals surface area contributed by atoms with E-state index in [0.29, 0.717) is 12.5 Å². The Morgan fingerprint density at radius 3 is 2.69 bits per heavy atom. The molecule has 138 valence electrons. The Kier molecular flexibility index (Phi) is 6.40. The van der Waals surface area contributed by atoms with E-state index >= 15 is 0 Å². The Labute approximate surface area is 156 Å². The molecule has 0 radical (unpaired) electrons. The standard InChI is InChI=1S/C22H29N3O/c1-18-6-8-19(9-7-18)17-25-16-13-21(10-11-22(25)26)24(2)15-12-20-5-3-4-14-23-20/h3-9,14,21H,10-13,15-17H2,1-2H3/t21-/m0/s1. The van der Waals surface area contributed by atoms with Crippen molar-refractivity contribution in [1.82, 2.24) is 14.8 Å². The monoisotopic (exact) mass is 351 g/mol. The molecular formula is C22H29N3O. The zero-order chi connectivity index (χ0) is 18.4. The van der Waals surface area contributed by atoms with Crippen LogP contribution >= 0.6 is 0 Å². The Morgan fingerprint density at radius 1 is 1.15 bits per heavy atom. The number of hydrogen-bond donors (Lipinski definition) is 0. The molecule has 0 saturated carbocycles. The van der Waals surface area contributed by atoms with Gasteiger partial charge in [0, 0.05) is 50.4 Å². The molecule has 1 amide bonds. The van der Waals surface area contributed by atoms with Crippen LogP contribution in [0.3, 0.4) is 0 Å². The van der Waals surface area contributed by atoms with Gasteiger partial charge in [-0.3, -0.25) is 9.78 Å². The Hall–Kier alpha value is -2.20. The van der Waals surface area contributed by atoms with Crippen LogP contribution in [0.25, 0.3) is 0 Å². The lowest BCUT2D eigenvalue weighted by Gasteiger charge is -2.27. The molecular weight excluding hydrogens is 322 g/mol. The largest absolute Gasteiger partial charge is 0.338 e. The van der Waals surface area contributed by atoms with Gasteiger partial charge in [-0.25, -0.2) is 0 Å². The van der Waals surface area contributed by atoms with E-state index in [1.54, 1.807) is 0 Å². The quantitative estimate of drug-likeness (QED) is 0.800. The molecule has 1 atom stereocenters. The highest BCUT2D eigenvalue weighted by molar-refractivity contribution is 5.76. The molecule has 2 heterocycles. The predicted octanol–water partition coefficient (Wildman–Crippen LogP) is 3.45. The molecule has 3 rings (SSSR count). The minimum atomic E-state index is 0.284. The highest BCUT2D eigenvalue weighted by Gasteiger charge is 2.24. The van der Waals surface area contributed by atoms with E-state index < -0.39 is 0 Å². The molecule has 2 aromatic rings. The van der Waals surface area contributed by atoms with Crippen molar-refractivity contribution in [3.63, 3.8) is 0 Å². The van der Waals surface area contributed by atoms with E-state index in [-0.39, 0.29) is 5.91 Å². The van der Waals surface area contributed by atoms with Crippen molar-refractivity contribution in [1.29, 1.82) is 0 Å². The van der Waals surface area contributed by atoms with Crippen LogP contribution in [0.15, 0.2) is 48.7 Å². The number of aromatic nitrogens is 1. The van der Waals surface area contributed by atoms with Crippen LogP contribution in [0, 0.1) is 6.92 Å². The number of carbonyl (C=O) groups excluding carboxylic acids is 1. The van der Waals surface area contributed by atoms with Gasteiger partial charge in [0.1, 0.15) is 0 Å². The van der Waals surface area contributed by atoms with Gasteiger partial charge in [-0.05, 0) is 44.5 Å². The number of hydrogen-bond acceptors (Lipinski definition) is 3. The minimum Gasteiger partial charge on any atom is -0.338 e. The maximum atomic E-state index is 12.5. The van der Waals surface area contributed by atoms with E-state index in [4.69, 9.17) is 0 Å². The lowest BCUT2D eigenvalue weighted by molar-refractivity contribution is -0.131. The number of pyridine rings is 1. The average Bonchev–Trinajstić information content (AvgIpc) is 2.84. The molecule has 4 nitrogen and oxygen atoms in total. The third kappa shape index (κ3) is 5.15. The van der Waals surface area contributed by atoms with Gasteiger partial charge in [0.15, 0.2) is 0 Å². The molecule has 4 heteroatoms. The number of benzene rings is 1. The highest BCUT2D eigenvalue weighted by Crippen LogP contribution is 2.19. The van der Waals surface area contributed by atoms with Crippen molar-refractivity contribution in [3.05, 3.63) is 65.5 Å². The maximum Gasteiger partial charge on any atom is 0.222 e. The molecule has 1 aromatic heterocycles. The molecule has 0 aliphatic carbocycles. The predicted molar refractivity (Wildman–Crippen MR) is 105 cm³/mol. The zero-order valence-electron chi connectivity index (χ0n) is 15.9. The van der Waals surface area contributed by atoms with Gasteiger partial charge in [-0.1, -0.05) is 35.9 Å². The van der Waals surface area contributed by atoms with Gasteiger partial charge >= 0.3 is 0 Å². The fourth-order valence-electron chi connectivity index (χ4n) is 3.56. The van der Waals surface area contributed by atoms with E-state index in [1.165, 1.54) is 11.1 Å². The van der Waals surface area contributed by atoms with Crippen molar-refractivity contribution in [2.45, 2.75) is 45.2 Å². The summed E-state index contributed by atoms with van der Waals surface area (Å²) in [6, 6.07) is 15.0. The number of carbonyl (C=O) groups is 1. The van der Waals surface area contributed by atoms with Crippen LogP contribution in [0.5, 0.6) is 0 Å². The molecule has 0 N–H and O–H groups in total. The normalized spacial score (nSPS) is 18.2. The second-order valence-electron chi connectivity index (χ2n) is 7.33. The van der Waals surface area contributed by atoms with Gasteiger partial charge in [-0.15, -0.1) is 0 Å². The summed E-state index contributed by atoms with van der Waals surface area (Å²) >= 11 is 0. The Balaban J connectivity index is 1.52. The van der Waals surface area contributed by atoms with Gasteiger partial charge in [0.25, 0.3) is 0 Å². The van der Waals surface area contributed by atoms with Crippen LogP contribution in [0.2, 0.25) is 0 Å². The summed E-state index contributed by atoms with van der Waals surface area (Å²) in [4.78, 5) is 21.4. The second-order valence-corrected chi connectivity index (χ2v) is 7.33. The summed E-state index contributed by atoms with van der Waals surface area (Å²) < 4.78 is 0. The second kappa shape index (κ2) is 8.95. The number of likely N-dealkylation sites (N-methyl/N-ethyl adjacent to an activating group) is 1. The highest BCUT2D eigenvalue weighted by atomic mass is 16.2. The van der Waals surface area contributed by atoms with Gasteiger partial charge in [0.2, 0.25) is 5.91 Å². The number of nitrogens with zero attached hydrogens (tertiary/aromatic N) is 3. The van der Waals surface area contributed by atoms with Crippen molar-refractivity contribution in [2.75, 3.05) is 20.1 Å². The topological polar surface area (TPSA) is 36.4 Å². The van der Waals surface area contributed by atoms with Crippen LogP contribution in [0.1, 0.15) is 36.1 Å². The maximum absolute atomic E-state index is 12.5. The molecule has 1 fully saturated rings.